The molecule has 0 aliphatic heterocycles. The van der Waals surface area contributed by atoms with Crippen molar-refractivity contribution in [3.63, 3.8) is 0 Å². The maximum absolute atomic E-state index is 5.65. The molecule has 3 aromatic rings. The highest BCUT2D eigenvalue weighted by atomic mass is 79.9. The van der Waals surface area contributed by atoms with E-state index in [1.807, 2.05) is 17.5 Å². The average molecular weight is 351 g/mol. The second-order valence-electron chi connectivity index (χ2n) is 4.55. The first-order chi connectivity index (χ1) is 9.72. The summed E-state index contributed by atoms with van der Waals surface area (Å²) in [7, 11) is 0. The Kier molecular flexibility index (Phi) is 3.87. The summed E-state index contributed by atoms with van der Waals surface area (Å²) in [5.41, 5.74) is 8.70. The van der Waals surface area contributed by atoms with E-state index < -0.39 is 0 Å². The smallest absolute Gasteiger partial charge is 0.160 e. The zero-order chi connectivity index (χ0) is 14.1. The van der Waals surface area contributed by atoms with Crippen molar-refractivity contribution in [1.82, 2.24) is 14.5 Å². The predicted octanol–water partition coefficient (Wildman–Crippen LogP) is 3.79. The topological polar surface area (TPSA) is 56.7 Å². The van der Waals surface area contributed by atoms with Gasteiger partial charge in [0.1, 0.15) is 10.7 Å². The van der Waals surface area contributed by atoms with E-state index in [4.69, 9.17) is 10.7 Å². The highest BCUT2D eigenvalue weighted by Crippen LogP contribution is 2.28. The van der Waals surface area contributed by atoms with Crippen molar-refractivity contribution >= 4 is 38.3 Å². The molecule has 2 heterocycles. The first-order valence-corrected chi connectivity index (χ1v) is 8.20. The molecule has 0 saturated carbocycles. The SMILES string of the molecule is CCCn1c(-c2csc(CN)n2)nc2cc(Br)ccc21. The third-order valence-corrected chi connectivity index (χ3v) is 4.48. The normalized spacial score (nSPS) is 11.3. The number of rotatable bonds is 4. The van der Waals surface area contributed by atoms with E-state index in [2.05, 4.69) is 38.5 Å². The Bertz CT molecular complexity index is 747. The molecule has 3 rings (SSSR count). The van der Waals surface area contributed by atoms with Gasteiger partial charge in [0.05, 0.1) is 11.0 Å². The summed E-state index contributed by atoms with van der Waals surface area (Å²) >= 11 is 5.08. The molecule has 0 radical (unpaired) electrons. The summed E-state index contributed by atoms with van der Waals surface area (Å²) < 4.78 is 3.27. The third kappa shape index (κ3) is 2.39. The monoisotopic (exact) mass is 350 g/mol. The van der Waals surface area contributed by atoms with Gasteiger partial charge in [-0.2, -0.15) is 0 Å². The summed E-state index contributed by atoms with van der Waals surface area (Å²) in [6.45, 7) is 3.58. The molecule has 4 nitrogen and oxygen atoms in total. The molecule has 0 unspecified atom stereocenters. The van der Waals surface area contributed by atoms with Gasteiger partial charge in [-0.05, 0) is 24.6 Å². The number of aromatic nitrogens is 3. The zero-order valence-electron chi connectivity index (χ0n) is 11.1. The Morgan fingerprint density at radius 2 is 2.20 bits per heavy atom. The van der Waals surface area contributed by atoms with Gasteiger partial charge in [0.2, 0.25) is 0 Å². The van der Waals surface area contributed by atoms with Crippen LogP contribution in [0.15, 0.2) is 28.1 Å². The van der Waals surface area contributed by atoms with Gasteiger partial charge in [-0.15, -0.1) is 11.3 Å². The summed E-state index contributed by atoms with van der Waals surface area (Å²) in [4.78, 5) is 9.30. The van der Waals surface area contributed by atoms with Gasteiger partial charge < -0.3 is 10.3 Å². The molecule has 0 atom stereocenters. The van der Waals surface area contributed by atoms with Crippen LogP contribution in [0.3, 0.4) is 0 Å². The number of thiazole rings is 1. The lowest BCUT2D eigenvalue weighted by atomic mass is 10.3. The van der Waals surface area contributed by atoms with Gasteiger partial charge in [-0.1, -0.05) is 22.9 Å². The van der Waals surface area contributed by atoms with Crippen molar-refractivity contribution in [1.29, 1.82) is 0 Å². The molecule has 20 heavy (non-hydrogen) atoms. The number of aryl methyl sites for hydroxylation is 1. The Morgan fingerprint density at radius 3 is 2.90 bits per heavy atom. The molecule has 2 N–H and O–H groups in total. The quantitative estimate of drug-likeness (QED) is 0.778. The molecule has 0 aliphatic carbocycles. The molecule has 0 spiro atoms. The fourth-order valence-electron chi connectivity index (χ4n) is 2.26. The van der Waals surface area contributed by atoms with Crippen LogP contribution in [0.1, 0.15) is 18.4 Å². The number of benzene rings is 1. The molecule has 1 aromatic carbocycles. The van der Waals surface area contributed by atoms with E-state index in [-0.39, 0.29) is 0 Å². The molecule has 2 aromatic heterocycles. The van der Waals surface area contributed by atoms with E-state index in [0.717, 1.165) is 45.0 Å². The Labute approximate surface area is 129 Å². The van der Waals surface area contributed by atoms with Crippen LogP contribution in [-0.2, 0) is 13.1 Å². The van der Waals surface area contributed by atoms with Crippen molar-refractivity contribution in [2.75, 3.05) is 0 Å². The van der Waals surface area contributed by atoms with Gasteiger partial charge in [0.15, 0.2) is 5.82 Å². The van der Waals surface area contributed by atoms with E-state index in [1.165, 1.54) is 0 Å². The van der Waals surface area contributed by atoms with Crippen LogP contribution in [0.4, 0.5) is 0 Å². The lowest BCUT2D eigenvalue weighted by molar-refractivity contribution is 0.702. The summed E-state index contributed by atoms with van der Waals surface area (Å²) in [5.74, 6) is 0.927. The Balaban J connectivity index is 2.20. The number of halogens is 1. The van der Waals surface area contributed by atoms with Crippen LogP contribution < -0.4 is 5.73 Å². The van der Waals surface area contributed by atoms with Crippen molar-refractivity contribution in [2.24, 2.45) is 5.73 Å². The molecule has 0 saturated heterocycles. The van der Waals surface area contributed by atoms with Crippen LogP contribution in [-0.4, -0.2) is 14.5 Å². The molecule has 104 valence electrons. The minimum Gasteiger partial charge on any atom is -0.325 e. The first-order valence-electron chi connectivity index (χ1n) is 6.53. The van der Waals surface area contributed by atoms with Crippen LogP contribution >= 0.6 is 27.3 Å². The predicted molar refractivity (Wildman–Crippen MR) is 86.7 cm³/mol. The molecular formula is C14H15BrN4S. The van der Waals surface area contributed by atoms with Crippen molar-refractivity contribution < 1.29 is 0 Å². The Hall–Kier alpha value is -1.24. The fraction of sp³-hybridized carbons (Fsp3) is 0.286. The lowest BCUT2D eigenvalue weighted by Gasteiger charge is -2.05. The van der Waals surface area contributed by atoms with Crippen molar-refractivity contribution in [2.45, 2.75) is 26.4 Å². The maximum Gasteiger partial charge on any atom is 0.160 e. The van der Waals surface area contributed by atoms with E-state index in [0.29, 0.717) is 6.54 Å². The average Bonchev–Trinajstić information content (AvgIpc) is 3.03. The van der Waals surface area contributed by atoms with Gasteiger partial charge in [-0.3, -0.25) is 0 Å². The van der Waals surface area contributed by atoms with Crippen LogP contribution in [0.5, 0.6) is 0 Å². The summed E-state index contributed by atoms with van der Waals surface area (Å²) in [6, 6.07) is 6.19. The number of hydrogen-bond acceptors (Lipinski definition) is 4. The van der Waals surface area contributed by atoms with Crippen LogP contribution in [0.25, 0.3) is 22.6 Å². The zero-order valence-corrected chi connectivity index (χ0v) is 13.5. The fourth-order valence-corrected chi connectivity index (χ4v) is 3.26. The van der Waals surface area contributed by atoms with Gasteiger partial charge in [0.25, 0.3) is 0 Å². The van der Waals surface area contributed by atoms with Crippen molar-refractivity contribution in [3.8, 4) is 11.5 Å². The number of nitrogens with two attached hydrogens (primary N) is 1. The van der Waals surface area contributed by atoms with Crippen LogP contribution in [0.2, 0.25) is 0 Å². The molecule has 0 aliphatic rings. The number of hydrogen-bond donors (Lipinski definition) is 1. The number of nitrogens with zero attached hydrogens (tertiary/aromatic N) is 3. The van der Waals surface area contributed by atoms with Gasteiger partial charge in [0, 0.05) is 22.9 Å². The molecule has 6 heteroatoms. The highest BCUT2D eigenvalue weighted by Gasteiger charge is 2.14. The number of imidazole rings is 1. The second kappa shape index (κ2) is 5.63. The highest BCUT2D eigenvalue weighted by molar-refractivity contribution is 9.10. The lowest BCUT2D eigenvalue weighted by Crippen LogP contribution is -2.00. The Morgan fingerprint density at radius 1 is 1.35 bits per heavy atom. The molecule has 0 bridgehead atoms. The standard InChI is InChI=1S/C14H15BrN4S/c1-2-5-19-12-4-3-9(15)6-10(12)18-14(19)11-8-20-13(7-16)17-11/h3-4,6,8H,2,5,7,16H2,1H3. The summed E-state index contributed by atoms with van der Waals surface area (Å²) in [5, 5.41) is 2.97. The molecular weight excluding hydrogens is 336 g/mol. The van der Waals surface area contributed by atoms with E-state index >= 15 is 0 Å². The van der Waals surface area contributed by atoms with Crippen molar-refractivity contribution in [3.05, 3.63) is 33.1 Å². The first kappa shape index (κ1) is 13.7. The minimum atomic E-state index is 0.476. The molecule has 0 fully saturated rings. The molecule has 0 amide bonds. The van der Waals surface area contributed by atoms with E-state index in [1.54, 1.807) is 11.3 Å². The largest absolute Gasteiger partial charge is 0.325 e. The van der Waals surface area contributed by atoms with Gasteiger partial charge >= 0.3 is 0 Å². The van der Waals surface area contributed by atoms with Gasteiger partial charge in [-0.25, -0.2) is 9.97 Å². The second-order valence-corrected chi connectivity index (χ2v) is 6.41. The number of fused-ring (bicyclic) bond motifs is 1. The minimum absolute atomic E-state index is 0.476. The van der Waals surface area contributed by atoms with Crippen LogP contribution in [0, 0.1) is 0 Å². The van der Waals surface area contributed by atoms with E-state index in [9.17, 15) is 0 Å². The summed E-state index contributed by atoms with van der Waals surface area (Å²) in [6.07, 6.45) is 1.06. The maximum atomic E-state index is 5.65. The third-order valence-electron chi connectivity index (χ3n) is 3.11.